The number of nitrogens with zero attached hydrogens (tertiary/aromatic N) is 6. The molecule has 5 aromatic rings. The summed E-state index contributed by atoms with van der Waals surface area (Å²) in [6.07, 6.45) is 1.64. The lowest BCUT2D eigenvalue weighted by Crippen LogP contribution is -2.24. The highest BCUT2D eigenvalue weighted by Crippen LogP contribution is 2.35. The van der Waals surface area contributed by atoms with Gasteiger partial charge in [-0.25, -0.2) is 9.48 Å². The number of halogens is 2. The van der Waals surface area contributed by atoms with Crippen molar-refractivity contribution in [3.05, 3.63) is 87.1 Å². The van der Waals surface area contributed by atoms with Crippen molar-refractivity contribution in [3.8, 4) is 34.0 Å². The Labute approximate surface area is 209 Å². The van der Waals surface area contributed by atoms with E-state index in [4.69, 9.17) is 32.7 Å². The van der Waals surface area contributed by atoms with Gasteiger partial charge >= 0.3 is 5.69 Å². The van der Waals surface area contributed by atoms with Crippen LogP contribution < -0.4 is 15.2 Å². The summed E-state index contributed by atoms with van der Waals surface area (Å²) in [7, 11) is 2.98. The fourth-order valence-electron chi connectivity index (χ4n) is 3.68. The van der Waals surface area contributed by atoms with Crippen molar-refractivity contribution < 1.29 is 9.47 Å². The van der Waals surface area contributed by atoms with E-state index in [1.807, 2.05) is 24.3 Å². The molecule has 0 aliphatic carbocycles. The average Bonchev–Trinajstić information content (AvgIpc) is 3.19. The Bertz CT molecular complexity index is 1560. The maximum absolute atomic E-state index is 13.2. The van der Waals surface area contributed by atoms with E-state index in [-0.39, 0.29) is 6.54 Å². The first-order valence-electron chi connectivity index (χ1n) is 10.4. The van der Waals surface area contributed by atoms with Crippen molar-refractivity contribution in [1.29, 1.82) is 0 Å². The predicted molar refractivity (Wildman–Crippen MR) is 132 cm³/mol. The van der Waals surface area contributed by atoms with Crippen LogP contribution in [0.25, 0.3) is 27.9 Å². The van der Waals surface area contributed by atoms with E-state index >= 15 is 0 Å². The van der Waals surface area contributed by atoms with Crippen LogP contribution in [0.4, 0.5) is 0 Å². The van der Waals surface area contributed by atoms with E-state index in [9.17, 15) is 4.79 Å². The molecule has 3 aromatic heterocycles. The van der Waals surface area contributed by atoms with Gasteiger partial charge in [-0.3, -0.25) is 0 Å². The van der Waals surface area contributed by atoms with E-state index < -0.39 is 5.69 Å². The zero-order chi connectivity index (χ0) is 24.5. The maximum atomic E-state index is 13.2. The number of rotatable bonds is 6. The highest BCUT2D eigenvalue weighted by atomic mass is 35.5. The molecule has 11 heteroatoms. The lowest BCUT2D eigenvalue weighted by Gasteiger charge is -2.11. The molecule has 3 heterocycles. The minimum absolute atomic E-state index is 0.00785. The smallest absolute Gasteiger partial charge is 0.367 e. The van der Waals surface area contributed by atoms with Crippen LogP contribution in [0.2, 0.25) is 10.0 Å². The van der Waals surface area contributed by atoms with Crippen molar-refractivity contribution in [2.45, 2.75) is 6.54 Å². The van der Waals surface area contributed by atoms with Gasteiger partial charge in [0.25, 0.3) is 0 Å². The highest BCUT2D eigenvalue weighted by Gasteiger charge is 2.20. The summed E-state index contributed by atoms with van der Waals surface area (Å²) < 4.78 is 12.9. The molecule has 0 amide bonds. The minimum Gasteiger partial charge on any atom is -0.481 e. The van der Waals surface area contributed by atoms with Gasteiger partial charge in [0.1, 0.15) is 6.54 Å². The second-order valence-corrected chi connectivity index (χ2v) is 8.36. The molecule has 9 nitrogen and oxygen atoms in total. The van der Waals surface area contributed by atoms with Gasteiger partial charge in [0.2, 0.25) is 11.8 Å². The van der Waals surface area contributed by atoms with E-state index in [1.165, 1.54) is 23.4 Å². The molecule has 176 valence electrons. The average molecular weight is 509 g/mol. The van der Waals surface area contributed by atoms with Crippen molar-refractivity contribution >= 4 is 28.8 Å². The standard InChI is InChI=1S/C24H18Cl2N6O3/c1-34-20-11-21(35-2)29-19(28-20)13-31-24(33)32-23(30-31)22(15-5-9-17(26)10-6-15)18(12-27-32)14-3-7-16(25)8-4-14/h3-12H,13H2,1-2H3. The monoisotopic (exact) mass is 508 g/mol. The van der Waals surface area contributed by atoms with Gasteiger partial charge in [0.05, 0.1) is 26.5 Å². The quantitative estimate of drug-likeness (QED) is 0.335. The molecule has 0 aliphatic heterocycles. The summed E-state index contributed by atoms with van der Waals surface area (Å²) in [6.45, 7) is -0.00785. The third-order valence-corrected chi connectivity index (χ3v) is 5.84. The van der Waals surface area contributed by atoms with Crippen LogP contribution in [0.15, 0.2) is 65.6 Å². The van der Waals surface area contributed by atoms with Gasteiger partial charge in [0, 0.05) is 21.2 Å². The Morgan fingerprint density at radius 1 is 0.857 bits per heavy atom. The Balaban J connectivity index is 1.70. The molecule has 0 bridgehead atoms. The summed E-state index contributed by atoms with van der Waals surface area (Å²) in [6, 6.07) is 16.2. The van der Waals surface area contributed by atoms with E-state index in [2.05, 4.69) is 20.2 Å². The molecule has 0 saturated carbocycles. The summed E-state index contributed by atoms with van der Waals surface area (Å²) in [5, 5.41) is 10.2. The van der Waals surface area contributed by atoms with E-state index in [0.717, 1.165) is 22.3 Å². The van der Waals surface area contributed by atoms with Crippen LogP contribution in [0, 0.1) is 0 Å². The Morgan fingerprint density at radius 2 is 1.43 bits per heavy atom. The number of aromatic nitrogens is 6. The molecule has 0 fully saturated rings. The van der Waals surface area contributed by atoms with Crippen molar-refractivity contribution in [1.82, 2.24) is 29.4 Å². The summed E-state index contributed by atoms with van der Waals surface area (Å²) in [5.74, 6) is 0.931. The topological polar surface area (TPSA) is 96.4 Å². The van der Waals surface area contributed by atoms with Gasteiger partial charge < -0.3 is 9.47 Å². The molecule has 5 rings (SSSR count). The van der Waals surface area contributed by atoms with Crippen LogP contribution in [0.5, 0.6) is 11.8 Å². The van der Waals surface area contributed by atoms with Gasteiger partial charge in [-0.05, 0) is 35.4 Å². The molecular formula is C24H18Cl2N6O3. The van der Waals surface area contributed by atoms with Crippen LogP contribution in [-0.4, -0.2) is 43.6 Å². The maximum Gasteiger partial charge on any atom is 0.367 e. The largest absolute Gasteiger partial charge is 0.481 e. The third-order valence-electron chi connectivity index (χ3n) is 5.34. The number of fused-ring (bicyclic) bond motifs is 1. The normalized spacial score (nSPS) is 11.1. The van der Waals surface area contributed by atoms with Gasteiger partial charge in [-0.15, -0.1) is 5.10 Å². The zero-order valence-electron chi connectivity index (χ0n) is 18.6. The van der Waals surface area contributed by atoms with Gasteiger partial charge in [0.15, 0.2) is 11.5 Å². The first-order valence-corrected chi connectivity index (χ1v) is 11.2. The third kappa shape index (κ3) is 4.43. The molecule has 0 N–H and O–H groups in total. The van der Waals surface area contributed by atoms with Crippen LogP contribution >= 0.6 is 23.2 Å². The van der Waals surface area contributed by atoms with Gasteiger partial charge in [-0.1, -0.05) is 47.5 Å². The first-order chi connectivity index (χ1) is 17.0. The highest BCUT2D eigenvalue weighted by molar-refractivity contribution is 6.31. The number of hydrogen-bond acceptors (Lipinski definition) is 7. The Hall–Kier alpha value is -3.95. The molecule has 2 aromatic carbocycles. The molecule has 0 atom stereocenters. The van der Waals surface area contributed by atoms with E-state index in [0.29, 0.717) is 33.3 Å². The number of benzene rings is 2. The molecule has 0 spiro atoms. The summed E-state index contributed by atoms with van der Waals surface area (Å²) >= 11 is 12.2. The first kappa shape index (κ1) is 22.8. The zero-order valence-corrected chi connectivity index (χ0v) is 20.2. The van der Waals surface area contributed by atoms with E-state index in [1.54, 1.807) is 36.5 Å². The molecule has 0 unspecified atom stereocenters. The molecule has 0 radical (unpaired) electrons. The van der Waals surface area contributed by atoms with Crippen molar-refractivity contribution in [2.24, 2.45) is 0 Å². The number of hydrogen-bond donors (Lipinski definition) is 0. The Kier molecular flexibility index (Phi) is 6.10. The predicted octanol–water partition coefficient (Wildman–Crippen LogP) is 4.39. The molecule has 35 heavy (non-hydrogen) atoms. The van der Waals surface area contributed by atoms with Crippen molar-refractivity contribution in [2.75, 3.05) is 14.2 Å². The SMILES string of the molecule is COc1cc(OC)nc(Cn2nc3c(-c4ccc(Cl)cc4)c(-c4ccc(Cl)cc4)cnn3c2=O)n1. The fraction of sp³-hybridized carbons (Fsp3) is 0.125. The second kappa shape index (κ2) is 9.36. The lowest BCUT2D eigenvalue weighted by atomic mass is 9.97. The number of methoxy groups -OCH3 is 2. The van der Waals surface area contributed by atoms with Crippen LogP contribution in [0.1, 0.15) is 5.82 Å². The molecular weight excluding hydrogens is 491 g/mol. The van der Waals surface area contributed by atoms with Crippen molar-refractivity contribution in [3.63, 3.8) is 0 Å². The number of ether oxygens (including phenoxy) is 2. The fourth-order valence-corrected chi connectivity index (χ4v) is 3.93. The minimum atomic E-state index is -0.441. The van der Waals surface area contributed by atoms with Crippen LogP contribution in [-0.2, 0) is 6.54 Å². The Morgan fingerprint density at radius 3 is 2.00 bits per heavy atom. The summed E-state index contributed by atoms with van der Waals surface area (Å²) in [4.78, 5) is 21.8. The van der Waals surface area contributed by atoms with Crippen LogP contribution in [0.3, 0.4) is 0 Å². The molecule has 0 aliphatic rings. The second-order valence-electron chi connectivity index (χ2n) is 7.49. The van der Waals surface area contributed by atoms with Gasteiger partial charge in [-0.2, -0.15) is 19.6 Å². The lowest BCUT2D eigenvalue weighted by molar-refractivity contribution is 0.366. The molecule has 0 saturated heterocycles. The summed E-state index contributed by atoms with van der Waals surface area (Å²) in [5.41, 5.74) is 3.13.